The molecule has 1 aromatic carbocycles. The predicted molar refractivity (Wildman–Crippen MR) is 129 cm³/mol. The second-order valence-corrected chi connectivity index (χ2v) is 9.23. The third-order valence-electron chi connectivity index (χ3n) is 6.15. The number of halogens is 3. The van der Waals surface area contributed by atoms with Gasteiger partial charge in [-0.1, -0.05) is 11.3 Å². The van der Waals surface area contributed by atoms with E-state index in [9.17, 15) is 18.0 Å². The van der Waals surface area contributed by atoms with Gasteiger partial charge in [-0.3, -0.25) is 4.79 Å². The average molecular weight is 534 g/mol. The van der Waals surface area contributed by atoms with Crippen LogP contribution in [0, 0.1) is 0 Å². The highest BCUT2D eigenvalue weighted by atomic mass is 32.1. The van der Waals surface area contributed by atoms with Crippen molar-refractivity contribution in [2.24, 2.45) is 5.73 Å². The zero-order valence-electron chi connectivity index (χ0n) is 19.8. The van der Waals surface area contributed by atoms with Gasteiger partial charge in [-0.15, -0.1) is 10.2 Å². The summed E-state index contributed by atoms with van der Waals surface area (Å²) in [5, 5.41) is 9.08. The number of rotatable bonds is 5. The van der Waals surface area contributed by atoms with E-state index >= 15 is 0 Å². The number of alkyl halides is 3. The summed E-state index contributed by atoms with van der Waals surface area (Å²) in [5.74, 6) is 0.0600. The molecule has 2 N–H and O–H groups in total. The number of aromatic nitrogens is 4. The fourth-order valence-corrected chi connectivity index (χ4v) is 4.95. The summed E-state index contributed by atoms with van der Waals surface area (Å²) in [5.41, 5.74) is 6.90. The first-order valence-corrected chi connectivity index (χ1v) is 12.2. The van der Waals surface area contributed by atoms with E-state index in [0.29, 0.717) is 30.6 Å². The van der Waals surface area contributed by atoms with Gasteiger partial charge in [0.1, 0.15) is 22.5 Å². The predicted octanol–water partition coefficient (Wildman–Crippen LogP) is 3.58. The first-order chi connectivity index (χ1) is 17.7. The van der Waals surface area contributed by atoms with Crippen molar-refractivity contribution in [1.29, 1.82) is 0 Å². The lowest BCUT2D eigenvalue weighted by atomic mass is 10.1. The lowest BCUT2D eigenvalue weighted by Gasteiger charge is -2.39. The molecule has 0 aliphatic carbocycles. The van der Waals surface area contributed by atoms with Crippen LogP contribution in [0.2, 0.25) is 0 Å². The van der Waals surface area contributed by atoms with E-state index in [1.807, 2.05) is 6.92 Å². The summed E-state index contributed by atoms with van der Waals surface area (Å²) in [6.07, 6.45) is -4.62. The topological polar surface area (TPSA) is 124 Å². The number of hydrogen-bond donors (Lipinski definition) is 1. The number of methoxy groups -OCH3 is 1. The van der Waals surface area contributed by atoms with Crippen LogP contribution < -0.4 is 15.4 Å². The first kappa shape index (κ1) is 24.9. The standard InChI is InChI=1S/C23H22F3N7O3S/c1-12-10-32(22-31-28-11-37-22)7-8-33(12)21(34)19-16(9-27)36-20(30-19)14-3-5-15(35-2)18-13(14)4-6-17(29-18)23(24,25)26/h3-6,11-12H,7-10,27H2,1-2H3/t12-/m0/s1. The Bertz CT molecular complexity index is 1440. The number of anilines is 1. The van der Waals surface area contributed by atoms with E-state index in [1.165, 1.54) is 30.6 Å². The molecule has 14 heteroatoms. The van der Waals surface area contributed by atoms with Crippen molar-refractivity contribution in [2.45, 2.75) is 25.7 Å². The van der Waals surface area contributed by atoms with E-state index in [1.54, 1.807) is 16.5 Å². The largest absolute Gasteiger partial charge is 0.494 e. The third kappa shape index (κ3) is 4.57. The molecule has 194 valence electrons. The Balaban J connectivity index is 1.49. The summed E-state index contributed by atoms with van der Waals surface area (Å²) in [7, 11) is 1.34. The maximum atomic E-state index is 13.5. The van der Waals surface area contributed by atoms with Gasteiger partial charge in [0, 0.05) is 36.6 Å². The highest BCUT2D eigenvalue weighted by Crippen LogP contribution is 2.37. The monoisotopic (exact) mass is 533 g/mol. The van der Waals surface area contributed by atoms with Crippen LogP contribution in [0.25, 0.3) is 22.4 Å². The van der Waals surface area contributed by atoms with Crippen LogP contribution in [0.5, 0.6) is 5.75 Å². The van der Waals surface area contributed by atoms with Gasteiger partial charge < -0.3 is 24.7 Å². The SMILES string of the molecule is COc1ccc(-c2nc(C(=O)N3CCN(c4nncs4)C[C@@H]3C)c(CN)o2)c2ccc(C(F)(F)F)nc12. The van der Waals surface area contributed by atoms with Crippen LogP contribution >= 0.6 is 11.3 Å². The molecule has 1 fully saturated rings. The maximum absolute atomic E-state index is 13.5. The van der Waals surface area contributed by atoms with Gasteiger partial charge in [-0.05, 0) is 31.2 Å². The number of hydrogen-bond acceptors (Lipinski definition) is 10. The number of carbonyl (C=O) groups is 1. The van der Waals surface area contributed by atoms with Crippen molar-refractivity contribution < 1.29 is 27.1 Å². The van der Waals surface area contributed by atoms with Crippen LogP contribution in [0.3, 0.4) is 0 Å². The normalized spacial score (nSPS) is 16.4. The number of oxazole rings is 1. The Hall–Kier alpha value is -3.78. The zero-order valence-corrected chi connectivity index (χ0v) is 20.6. The highest BCUT2D eigenvalue weighted by molar-refractivity contribution is 7.13. The minimum atomic E-state index is -4.62. The fraction of sp³-hybridized carbons (Fsp3) is 0.348. The molecule has 4 heterocycles. The van der Waals surface area contributed by atoms with E-state index in [2.05, 4.69) is 25.1 Å². The number of piperazine rings is 1. The summed E-state index contributed by atoms with van der Waals surface area (Å²) < 4.78 is 50.9. The van der Waals surface area contributed by atoms with Crippen LogP contribution in [0.15, 0.2) is 34.2 Å². The molecular weight excluding hydrogens is 511 g/mol. The van der Waals surface area contributed by atoms with Crippen molar-refractivity contribution in [3.63, 3.8) is 0 Å². The molecule has 4 aromatic rings. The van der Waals surface area contributed by atoms with Gasteiger partial charge >= 0.3 is 6.18 Å². The smallest absolute Gasteiger partial charge is 0.433 e. The zero-order chi connectivity index (χ0) is 26.3. The van der Waals surface area contributed by atoms with Crippen LogP contribution in [0.1, 0.15) is 28.9 Å². The number of nitrogens with zero attached hydrogens (tertiary/aromatic N) is 6. The summed E-state index contributed by atoms with van der Waals surface area (Å²) in [6.45, 7) is 3.42. The molecule has 0 bridgehead atoms. The van der Waals surface area contributed by atoms with E-state index in [0.717, 1.165) is 11.2 Å². The highest BCUT2D eigenvalue weighted by Gasteiger charge is 2.34. The molecule has 5 rings (SSSR count). The first-order valence-electron chi connectivity index (χ1n) is 11.3. The second kappa shape index (κ2) is 9.59. The van der Waals surface area contributed by atoms with Gasteiger partial charge in [0.15, 0.2) is 11.5 Å². The third-order valence-corrected chi connectivity index (χ3v) is 6.90. The quantitative estimate of drug-likeness (QED) is 0.410. The Kier molecular flexibility index (Phi) is 6.45. The van der Waals surface area contributed by atoms with Gasteiger partial charge in [-0.2, -0.15) is 13.2 Å². The lowest BCUT2D eigenvalue weighted by Crippen LogP contribution is -2.54. The van der Waals surface area contributed by atoms with Gasteiger partial charge in [0.25, 0.3) is 5.91 Å². The Morgan fingerprint density at radius 3 is 2.70 bits per heavy atom. The van der Waals surface area contributed by atoms with Crippen LogP contribution in [-0.4, -0.2) is 63.8 Å². The molecule has 1 aliphatic heterocycles. The van der Waals surface area contributed by atoms with Crippen LogP contribution in [-0.2, 0) is 12.7 Å². The molecule has 37 heavy (non-hydrogen) atoms. The molecule has 3 aromatic heterocycles. The van der Waals surface area contributed by atoms with Gasteiger partial charge in [0.05, 0.1) is 13.7 Å². The number of ether oxygens (including phenoxy) is 1. The van der Waals surface area contributed by atoms with Crippen molar-refractivity contribution in [3.05, 3.63) is 46.9 Å². The lowest BCUT2D eigenvalue weighted by molar-refractivity contribution is -0.140. The number of fused-ring (bicyclic) bond motifs is 1. The Labute approximate surface area is 212 Å². The number of nitrogens with two attached hydrogens (primary N) is 1. The van der Waals surface area contributed by atoms with Crippen molar-refractivity contribution in [3.8, 4) is 17.2 Å². The molecule has 10 nitrogen and oxygen atoms in total. The van der Waals surface area contributed by atoms with E-state index in [-0.39, 0.29) is 47.1 Å². The number of pyridine rings is 1. The van der Waals surface area contributed by atoms with Crippen molar-refractivity contribution in [1.82, 2.24) is 25.1 Å². The molecule has 0 saturated carbocycles. The molecule has 0 radical (unpaired) electrons. The number of benzene rings is 1. The minimum Gasteiger partial charge on any atom is -0.494 e. The summed E-state index contributed by atoms with van der Waals surface area (Å²) in [6, 6.07) is 5.09. The molecule has 0 unspecified atom stereocenters. The molecule has 0 spiro atoms. The molecule has 1 saturated heterocycles. The summed E-state index contributed by atoms with van der Waals surface area (Å²) in [4.78, 5) is 25.5. The van der Waals surface area contributed by atoms with E-state index < -0.39 is 11.9 Å². The summed E-state index contributed by atoms with van der Waals surface area (Å²) >= 11 is 1.43. The number of amides is 1. The van der Waals surface area contributed by atoms with Crippen molar-refractivity contribution >= 4 is 33.3 Å². The van der Waals surface area contributed by atoms with E-state index in [4.69, 9.17) is 14.9 Å². The minimum absolute atomic E-state index is 0.00313. The van der Waals surface area contributed by atoms with Gasteiger partial charge in [0.2, 0.25) is 11.0 Å². The molecule has 1 atom stereocenters. The maximum Gasteiger partial charge on any atom is 0.433 e. The Morgan fingerprint density at radius 2 is 2.05 bits per heavy atom. The second-order valence-electron chi connectivity index (χ2n) is 8.42. The van der Waals surface area contributed by atoms with Crippen LogP contribution in [0.4, 0.5) is 18.3 Å². The Morgan fingerprint density at radius 1 is 1.24 bits per heavy atom. The molecular formula is C23H22F3N7O3S. The van der Waals surface area contributed by atoms with Crippen molar-refractivity contribution in [2.75, 3.05) is 31.6 Å². The number of carbonyl (C=O) groups excluding carboxylic acids is 1. The molecule has 1 aliphatic rings. The fourth-order valence-electron chi connectivity index (χ4n) is 4.35. The van der Waals surface area contributed by atoms with Gasteiger partial charge in [-0.25, -0.2) is 9.97 Å². The average Bonchev–Trinajstić information content (AvgIpc) is 3.57. The molecule has 1 amide bonds.